The molecule has 0 amide bonds. The number of nitriles is 1. The Morgan fingerprint density at radius 1 is 1.47 bits per heavy atom. The van der Waals surface area contributed by atoms with Crippen LogP contribution in [0.25, 0.3) is 0 Å². The van der Waals surface area contributed by atoms with Crippen molar-refractivity contribution in [3.63, 3.8) is 0 Å². The summed E-state index contributed by atoms with van der Waals surface area (Å²) in [5, 5.41) is 11.9. The van der Waals surface area contributed by atoms with Crippen LogP contribution >= 0.6 is 0 Å². The summed E-state index contributed by atoms with van der Waals surface area (Å²) < 4.78 is 0. The highest BCUT2D eigenvalue weighted by atomic mass is 15.1. The molecule has 0 saturated carbocycles. The molecule has 1 aromatic rings. The van der Waals surface area contributed by atoms with Gasteiger partial charge in [-0.15, -0.1) is 0 Å². The number of nitrogens with one attached hydrogen (secondary N) is 1. The number of hydrogen-bond acceptors (Lipinski definition) is 5. The molecule has 5 heteroatoms. The molecule has 0 aromatic carbocycles. The Morgan fingerprint density at radius 3 is 2.73 bits per heavy atom. The van der Waals surface area contributed by atoms with E-state index in [-0.39, 0.29) is 0 Å². The van der Waals surface area contributed by atoms with Gasteiger partial charge in [0, 0.05) is 25.0 Å². The second-order valence-electron chi connectivity index (χ2n) is 3.56. The van der Waals surface area contributed by atoms with Crippen LogP contribution in [-0.4, -0.2) is 41.5 Å². The third-order valence-corrected chi connectivity index (χ3v) is 2.25. The van der Waals surface area contributed by atoms with Gasteiger partial charge in [0.2, 0.25) is 0 Å². The van der Waals surface area contributed by atoms with Gasteiger partial charge in [-0.2, -0.15) is 5.26 Å². The Bertz CT molecular complexity index is 355. The van der Waals surface area contributed by atoms with Crippen molar-refractivity contribution >= 4 is 5.82 Å². The third kappa shape index (κ3) is 3.18. The fraction of sp³-hybridized carbons (Fsp3) is 0.500. The van der Waals surface area contributed by atoms with Gasteiger partial charge >= 0.3 is 0 Å². The van der Waals surface area contributed by atoms with E-state index < -0.39 is 0 Å². The number of likely N-dealkylation sites (N-methyl/N-ethyl adjacent to an activating group) is 1. The van der Waals surface area contributed by atoms with Crippen LogP contribution in [0.3, 0.4) is 0 Å². The van der Waals surface area contributed by atoms with Crippen molar-refractivity contribution in [2.45, 2.75) is 13.0 Å². The third-order valence-electron chi connectivity index (χ3n) is 2.25. The van der Waals surface area contributed by atoms with E-state index in [0.29, 0.717) is 17.6 Å². The molecule has 80 valence electrons. The second-order valence-corrected chi connectivity index (χ2v) is 3.56. The van der Waals surface area contributed by atoms with Crippen molar-refractivity contribution in [3.05, 3.63) is 18.1 Å². The standard InChI is InChI=1S/C10H15N5/c1-8(15(2)3)7-14-10-9(6-11)12-4-5-13-10/h4-5,8H,7H2,1-3H3,(H,13,14). The van der Waals surface area contributed by atoms with Crippen LogP contribution < -0.4 is 5.32 Å². The average Bonchev–Trinajstić information content (AvgIpc) is 2.26. The topological polar surface area (TPSA) is 64.8 Å². The van der Waals surface area contributed by atoms with Gasteiger partial charge in [-0.1, -0.05) is 0 Å². The van der Waals surface area contributed by atoms with Crippen LogP contribution in [-0.2, 0) is 0 Å². The molecule has 0 bridgehead atoms. The minimum Gasteiger partial charge on any atom is -0.366 e. The van der Waals surface area contributed by atoms with E-state index in [4.69, 9.17) is 5.26 Å². The SMILES string of the molecule is CC(CNc1nccnc1C#N)N(C)C. The zero-order valence-electron chi connectivity index (χ0n) is 9.23. The van der Waals surface area contributed by atoms with Crippen LogP contribution in [0.4, 0.5) is 5.82 Å². The molecular formula is C10H15N5. The molecule has 0 aliphatic heterocycles. The van der Waals surface area contributed by atoms with Gasteiger partial charge in [-0.3, -0.25) is 0 Å². The van der Waals surface area contributed by atoms with Crippen molar-refractivity contribution in [2.24, 2.45) is 0 Å². The van der Waals surface area contributed by atoms with Crippen molar-refractivity contribution < 1.29 is 0 Å². The first-order valence-corrected chi connectivity index (χ1v) is 4.76. The minimum absolute atomic E-state index is 0.337. The highest BCUT2D eigenvalue weighted by Gasteiger charge is 2.07. The van der Waals surface area contributed by atoms with Crippen molar-refractivity contribution in [3.8, 4) is 6.07 Å². The number of nitrogens with zero attached hydrogens (tertiary/aromatic N) is 4. The molecule has 0 spiro atoms. The second kappa shape index (κ2) is 5.27. The first-order chi connectivity index (χ1) is 7.15. The van der Waals surface area contributed by atoms with Gasteiger partial charge in [-0.05, 0) is 21.0 Å². The predicted molar refractivity (Wildman–Crippen MR) is 58.4 cm³/mol. The lowest BCUT2D eigenvalue weighted by molar-refractivity contribution is 0.326. The Balaban J connectivity index is 2.62. The maximum absolute atomic E-state index is 8.79. The van der Waals surface area contributed by atoms with Crippen LogP contribution in [0.1, 0.15) is 12.6 Å². The lowest BCUT2D eigenvalue weighted by Gasteiger charge is -2.20. The van der Waals surface area contributed by atoms with Crippen LogP contribution in [0.2, 0.25) is 0 Å². The summed E-state index contributed by atoms with van der Waals surface area (Å²) >= 11 is 0. The molecule has 1 atom stereocenters. The summed E-state index contributed by atoms with van der Waals surface area (Å²) in [6.07, 6.45) is 3.09. The molecule has 15 heavy (non-hydrogen) atoms. The minimum atomic E-state index is 0.337. The smallest absolute Gasteiger partial charge is 0.182 e. The highest BCUT2D eigenvalue weighted by Crippen LogP contribution is 2.06. The lowest BCUT2D eigenvalue weighted by Crippen LogP contribution is -2.31. The molecule has 5 nitrogen and oxygen atoms in total. The van der Waals surface area contributed by atoms with E-state index in [9.17, 15) is 0 Å². The fourth-order valence-electron chi connectivity index (χ4n) is 0.976. The predicted octanol–water partition coefficient (Wildman–Crippen LogP) is 0.710. The molecule has 0 aliphatic rings. The van der Waals surface area contributed by atoms with Gasteiger partial charge in [0.25, 0.3) is 0 Å². The van der Waals surface area contributed by atoms with E-state index in [2.05, 4.69) is 27.1 Å². The Morgan fingerprint density at radius 2 is 2.13 bits per heavy atom. The molecule has 0 fully saturated rings. The van der Waals surface area contributed by atoms with E-state index in [1.54, 1.807) is 6.20 Å². The zero-order chi connectivity index (χ0) is 11.3. The van der Waals surface area contributed by atoms with Gasteiger partial charge in [-0.25, -0.2) is 9.97 Å². The molecule has 0 aliphatic carbocycles. The fourth-order valence-corrected chi connectivity index (χ4v) is 0.976. The number of anilines is 1. The van der Waals surface area contributed by atoms with E-state index in [1.165, 1.54) is 6.20 Å². The molecule has 1 aromatic heterocycles. The molecule has 1 N–H and O–H groups in total. The van der Waals surface area contributed by atoms with E-state index in [0.717, 1.165) is 6.54 Å². The summed E-state index contributed by atoms with van der Waals surface area (Å²) in [4.78, 5) is 10.1. The lowest BCUT2D eigenvalue weighted by atomic mass is 10.3. The number of aromatic nitrogens is 2. The van der Waals surface area contributed by atoms with Gasteiger partial charge < -0.3 is 10.2 Å². The summed E-state index contributed by atoms with van der Waals surface area (Å²) in [5.74, 6) is 0.550. The van der Waals surface area contributed by atoms with Crippen LogP contribution in [0.15, 0.2) is 12.4 Å². The number of hydrogen-bond donors (Lipinski definition) is 1. The Kier molecular flexibility index (Phi) is 4.01. The summed E-state index contributed by atoms with van der Waals surface area (Å²) in [5.41, 5.74) is 0.337. The zero-order valence-corrected chi connectivity index (χ0v) is 9.23. The van der Waals surface area contributed by atoms with E-state index in [1.807, 2.05) is 20.2 Å². The Labute approximate surface area is 89.8 Å². The summed E-state index contributed by atoms with van der Waals surface area (Å²) in [6, 6.07) is 2.37. The molecule has 0 saturated heterocycles. The van der Waals surface area contributed by atoms with Crippen LogP contribution in [0, 0.1) is 11.3 Å². The molecule has 1 heterocycles. The molecular weight excluding hydrogens is 190 g/mol. The van der Waals surface area contributed by atoms with Crippen LogP contribution in [0.5, 0.6) is 0 Å². The first kappa shape index (κ1) is 11.4. The molecule has 1 rings (SSSR count). The summed E-state index contributed by atoms with van der Waals surface area (Å²) in [7, 11) is 4.02. The van der Waals surface area contributed by atoms with Gasteiger partial charge in [0.1, 0.15) is 6.07 Å². The quantitative estimate of drug-likeness (QED) is 0.784. The monoisotopic (exact) mass is 205 g/mol. The molecule has 1 unspecified atom stereocenters. The van der Waals surface area contributed by atoms with Gasteiger partial charge in [0.15, 0.2) is 11.5 Å². The number of rotatable bonds is 4. The highest BCUT2D eigenvalue weighted by molar-refractivity contribution is 5.46. The largest absolute Gasteiger partial charge is 0.366 e. The van der Waals surface area contributed by atoms with Crippen molar-refractivity contribution in [2.75, 3.05) is 26.0 Å². The first-order valence-electron chi connectivity index (χ1n) is 4.76. The summed E-state index contributed by atoms with van der Waals surface area (Å²) in [6.45, 7) is 2.83. The van der Waals surface area contributed by atoms with Gasteiger partial charge in [0.05, 0.1) is 0 Å². The van der Waals surface area contributed by atoms with E-state index >= 15 is 0 Å². The maximum atomic E-state index is 8.79. The maximum Gasteiger partial charge on any atom is 0.182 e. The van der Waals surface area contributed by atoms with Crippen molar-refractivity contribution in [1.29, 1.82) is 5.26 Å². The normalized spacial score (nSPS) is 12.2. The molecule has 0 radical (unpaired) electrons. The average molecular weight is 205 g/mol. The van der Waals surface area contributed by atoms with Crippen molar-refractivity contribution in [1.82, 2.24) is 14.9 Å². The Hall–Kier alpha value is -1.67.